The van der Waals surface area contributed by atoms with Crippen LogP contribution in [-0.4, -0.2) is 18.9 Å². The number of esters is 1. The fourth-order valence-electron chi connectivity index (χ4n) is 1.79. The molecule has 0 aromatic rings. The van der Waals surface area contributed by atoms with Crippen LogP contribution < -0.4 is 0 Å². The molecule has 0 heterocycles. The maximum atomic E-state index is 12.1. The molecule has 0 spiro atoms. The van der Waals surface area contributed by atoms with Crippen LogP contribution in [0.2, 0.25) is 0 Å². The lowest BCUT2D eigenvalue weighted by atomic mass is 9.79. The van der Waals surface area contributed by atoms with Crippen molar-refractivity contribution in [3.05, 3.63) is 0 Å². The second-order valence-corrected chi connectivity index (χ2v) is 5.34. The number of ketones is 1. The first-order valence-electron chi connectivity index (χ1n) is 5.47. The van der Waals surface area contributed by atoms with E-state index >= 15 is 0 Å². The summed E-state index contributed by atoms with van der Waals surface area (Å²) < 4.78 is 4.63. The highest BCUT2D eigenvalue weighted by molar-refractivity contribution is 5.89. The fraction of sp³-hybridized carbons (Fsp3) is 0.833. The van der Waals surface area contributed by atoms with Gasteiger partial charge in [0, 0.05) is 11.3 Å². The molecule has 0 aliphatic heterocycles. The van der Waals surface area contributed by atoms with Gasteiger partial charge in [-0.05, 0) is 18.8 Å². The van der Waals surface area contributed by atoms with E-state index in [1.807, 2.05) is 20.8 Å². The highest BCUT2D eigenvalue weighted by Crippen LogP contribution is 2.42. The third-order valence-corrected chi connectivity index (χ3v) is 2.88. The molecule has 0 amide bonds. The van der Waals surface area contributed by atoms with Crippen LogP contribution in [0.1, 0.15) is 40.0 Å². The predicted octanol–water partition coefficient (Wildman–Crippen LogP) is 2.19. The first-order valence-corrected chi connectivity index (χ1v) is 5.47. The Balaban J connectivity index is 2.66. The maximum Gasteiger partial charge on any atom is 0.306 e. The normalized spacial score (nSPS) is 18.4. The highest BCUT2D eigenvalue weighted by Gasteiger charge is 2.41. The Morgan fingerprint density at radius 2 is 1.87 bits per heavy atom. The molecule has 0 unspecified atom stereocenters. The van der Waals surface area contributed by atoms with E-state index in [0.717, 1.165) is 12.8 Å². The molecule has 0 saturated heterocycles. The fourth-order valence-corrected chi connectivity index (χ4v) is 1.79. The molecule has 1 fully saturated rings. The number of hydrogen-bond donors (Lipinski definition) is 0. The van der Waals surface area contributed by atoms with Gasteiger partial charge >= 0.3 is 5.97 Å². The Labute approximate surface area is 91.2 Å². The lowest BCUT2D eigenvalue weighted by Crippen LogP contribution is -2.31. The average Bonchev–Trinajstić information content (AvgIpc) is 2.94. The lowest BCUT2D eigenvalue weighted by Gasteiger charge is -2.23. The van der Waals surface area contributed by atoms with Crippen LogP contribution in [0, 0.1) is 17.3 Å². The van der Waals surface area contributed by atoms with Crippen LogP contribution in [-0.2, 0) is 14.3 Å². The Morgan fingerprint density at radius 1 is 1.33 bits per heavy atom. The number of methoxy groups -OCH3 is 1. The quantitative estimate of drug-likeness (QED) is 0.671. The molecule has 1 atom stereocenters. The summed E-state index contributed by atoms with van der Waals surface area (Å²) >= 11 is 0. The largest absolute Gasteiger partial charge is 0.469 e. The van der Waals surface area contributed by atoms with Crippen LogP contribution in [0.25, 0.3) is 0 Å². The van der Waals surface area contributed by atoms with Crippen molar-refractivity contribution in [3.8, 4) is 0 Å². The number of hydrogen-bond acceptors (Lipinski definition) is 3. The van der Waals surface area contributed by atoms with E-state index in [0.29, 0.717) is 5.92 Å². The Bertz CT molecular complexity index is 259. The number of carbonyl (C=O) groups is 2. The number of ether oxygens (including phenoxy) is 1. The van der Waals surface area contributed by atoms with E-state index in [9.17, 15) is 9.59 Å². The van der Waals surface area contributed by atoms with E-state index in [2.05, 4.69) is 4.74 Å². The first kappa shape index (κ1) is 12.2. The van der Waals surface area contributed by atoms with Crippen LogP contribution >= 0.6 is 0 Å². The zero-order chi connectivity index (χ0) is 11.6. The molecule has 0 aromatic heterocycles. The maximum absolute atomic E-state index is 12.1. The number of carbonyl (C=O) groups excluding carboxylic acids is 2. The topological polar surface area (TPSA) is 43.4 Å². The first-order chi connectivity index (χ1) is 6.86. The Morgan fingerprint density at radius 3 is 2.20 bits per heavy atom. The molecule has 0 aromatic carbocycles. The number of rotatable bonds is 4. The second kappa shape index (κ2) is 4.33. The van der Waals surface area contributed by atoms with E-state index in [-0.39, 0.29) is 29.5 Å². The van der Waals surface area contributed by atoms with Gasteiger partial charge in [0.05, 0.1) is 13.5 Å². The summed E-state index contributed by atoms with van der Waals surface area (Å²) in [4.78, 5) is 23.3. The van der Waals surface area contributed by atoms with Gasteiger partial charge in [-0.2, -0.15) is 0 Å². The Hall–Kier alpha value is -0.860. The van der Waals surface area contributed by atoms with Gasteiger partial charge in [-0.3, -0.25) is 9.59 Å². The summed E-state index contributed by atoms with van der Waals surface area (Å²) in [5.41, 5.74) is -0.360. The smallest absolute Gasteiger partial charge is 0.306 e. The van der Waals surface area contributed by atoms with Crippen molar-refractivity contribution in [1.29, 1.82) is 0 Å². The minimum atomic E-state index is -0.360. The summed E-state index contributed by atoms with van der Waals surface area (Å²) in [6.07, 6.45) is 2.39. The van der Waals surface area contributed by atoms with Gasteiger partial charge in [-0.25, -0.2) is 0 Å². The van der Waals surface area contributed by atoms with E-state index in [4.69, 9.17) is 0 Å². The molecule has 0 bridgehead atoms. The van der Waals surface area contributed by atoms with Crippen molar-refractivity contribution >= 4 is 11.8 Å². The van der Waals surface area contributed by atoms with Crippen molar-refractivity contribution in [2.45, 2.75) is 40.0 Å². The van der Waals surface area contributed by atoms with Gasteiger partial charge in [0.25, 0.3) is 0 Å². The molecular formula is C12H20O3. The molecule has 1 aliphatic rings. The van der Waals surface area contributed by atoms with Gasteiger partial charge in [0.1, 0.15) is 5.78 Å². The van der Waals surface area contributed by atoms with Crippen molar-refractivity contribution < 1.29 is 14.3 Å². The molecule has 3 nitrogen and oxygen atoms in total. The van der Waals surface area contributed by atoms with Gasteiger partial charge in [-0.15, -0.1) is 0 Å². The highest BCUT2D eigenvalue weighted by atomic mass is 16.5. The van der Waals surface area contributed by atoms with Crippen molar-refractivity contribution in [2.24, 2.45) is 17.3 Å². The van der Waals surface area contributed by atoms with Gasteiger partial charge in [0.2, 0.25) is 0 Å². The van der Waals surface area contributed by atoms with Crippen molar-refractivity contribution in [3.63, 3.8) is 0 Å². The average molecular weight is 212 g/mol. The van der Waals surface area contributed by atoms with E-state index in [1.54, 1.807) is 0 Å². The molecule has 1 saturated carbocycles. The summed E-state index contributed by atoms with van der Waals surface area (Å²) in [7, 11) is 1.37. The molecule has 0 radical (unpaired) electrons. The summed E-state index contributed by atoms with van der Waals surface area (Å²) in [6.45, 7) is 5.71. The molecule has 15 heavy (non-hydrogen) atoms. The third kappa shape index (κ3) is 3.33. The predicted molar refractivity (Wildman–Crippen MR) is 57.3 cm³/mol. The lowest BCUT2D eigenvalue weighted by molar-refractivity contribution is -0.145. The molecule has 3 heteroatoms. The van der Waals surface area contributed by atoms with Crippen LogP contribution in [0.15, 0.2) is 0 Å². The SMILES string of the molecule is COC(=O)C[C@H](C(=O)C(C)(C)C)C1CC1. The monoisotopic (exact) mass is 212 g/mol. The number of Topliss-reactive ketones (excluding diaryl/α,β-unsaturated/α-hetero) is 1. The minimum absolute atomic E-state index is 0.127. The molecule has 86 valence electrons. The van der Waals surface area contributed by atoms with Crippen LogP contribution in [0.4, 0.5) is 0 Å². The summed E-state index contributed by atoms with van der Waals surface area (Å²) in [5.74, 6) is 0.202. The third-order valence-electron chi connectivity index (χ3n) is 2.88. The summed E-state index contributed by atoms with van der Waals surface area (Å²) in [6, 6.07) is 0. The standard InChI is InChI=1S/C12H20O3/c1-12(2,3)11(14)9(8-5-6-8)7-10(13)15-4/h8-9H,5-7H2,1-4H3/t9-/m0/s1. The van der Waals surface area contributed by atoms with E-state index < -0.39 is 0 Å². The summed E-state index contributed by atoms with van der Waals surface area (Å²) in [5, 5.41) is 0. The van der Waals surface area contributed by atoms with Crippen LogP contribution in [0.3, 0.4) is 0 Å². The van der Waals surface area contributed by atoms with Crippen molar-refractivity contribution in [2.75, 3.05) is 7.11 Å². The van der Waals surface area contributed by atoms with Gasteiger partial charge < -0.3 is 4.74 Å². The molecular weight excluding hydrogens is 192 g/mol. The van der Waals surface area contributed by atoms with Crippen LogP contribution in [0.5, 0.6) is 0 Å². The molecule has 1 rings (SSSR count). The molecule has 0 N–H and O–H groups in total. The van der Waals surface area contributed by atoms with Gasteiger partial charge in [-0.1, -0.05) is 20.8 Å². The second-order valence-electron chi connectivity index (χ2n) is 5.34. The zero-order valence-corrected chi connectivity index (χ0v) is 10.0. The zero-order valence-electron chi connectivity index (χ0n) is 10.0. The van der Waals surface area contributed by atoms with Crippen molar-refractivity contribution in [1.82, 2.24) is 0 Å². The minimum Gasteiger partial charge on any atom is -0.469 e. The van der Waals surface area contributed by atoms with E-state index in [1.165, 1.54) is 7.11 Å². The van der Waals surface area contributed by atoms with Gasteiger partial charge in [0.15, 0.2) is 0 Å². The molecule has 1 aliphatic carbocycles. The Kier molecular flexibility index (Phi) is 3.53.